The van der Waals surface area contributed by atoms with Crippen LogP contribution in [-0.2, 0) is 14.3 Å². The van der Waals surface area contributed by atoms with Gasteiger partial charge in [0.1, 0.15) is 0 Å². The van der Waals surface area contributed by atoms with Crippen LogP contribution in [0.4, 0.5) is 5.69 Å². The lowest BCUT2D eigenvalue weighted by molar-refractivity contribution is -0.147. The topological polar surface area (TPSA) is 95.9 Å². The molecule has 1 aliphatic carbocycles. The Morgan fingerprint density at radius 1 is 1.11 bits per heavy atom. The van der Waals surface area contributed by atoms with Gasteiger partial charge in [-0.15, -0.1) is 0 Å². The van der Waals surface area contributed by atoms with E-state index in [0.717, 1.165) is 12.8 Å². The van der Waals surface area contributed by atoms with Crippen molar-refractivity contribution < 1.29 is 24.2 Å². The number of amides is 2. The Morgan fingerprint density at radius 2 is 1.78 bits per heavy atom. The number of halogens is 1. The summed E-state index contributed by atoms with van der Waals surface area (Å²) < 4.78 is 5.25. The van der Waals surface area contributed by atoms with Gasteiger partial charge in [0, 0.05) is 18.8 Å². The fraction of sp³-hybridized carbons (Fsp3) is 0.526. The van der Waals surface area contributed by atoms with Crippen molar-refractivity contribution in [2.24, 2.45) is 11.8 Å². The van der Waals surface area contributed by atoms with E-state index in [-0.39, 0.29) is 16.8 Å². The average Bonchev–Trinajstić information content (AvgIpc) is 2.68. The molecule has 8 heteroatoms. The molecule has 2 atom stereocenters. The fourth-order valence-electron chi connectivity index (χ4n) is 3.68. The van der Waals surface area contributed by atoms with E-state index in [1.807, 2.05) is 0 Å². The maximum absolute atomic E-state index is 12.6. The normalized spacial score (nSPS) is 22.9. The van der Waals surface area contributed by atoms with E-state index in [9.17, 15) is 19.5 Å². The molecule has 1 aromatic rings. The van der Waals surface area contributed by atoms with Crippen molar-refractivity contribution in [1.29, 1.82) is 0 Å². The van der Waals surface area contributed by atoms with E-state index in [1.165, 1.54) is 6.07 Å². The van der Waals surface area contributed by atoms with Crippen LogP contribution in [0, 0.1) is 11.8 Å². The number of nitrogens with one attached hydrogen (secondary N) is 1. The van der Waals surface area contributed by atoms with E-state index in [0.29, 0.717) is 50.4 Å². The number of nitrogens with zero attached hydrogens (tertiary/aromatic N) is 1. The highest BCUT2D eigenvalue weighted by Crippen LogP contribution is 2.32. The van der Waals surface area contributed by atoms with Gasteiger partial charge in [-0.25, -0.2) is 0 Å². The summed E-state index contributed by atoms with van der Waals surface area (Å²) in [5, 5.41) is 12.3. The van der Waals surface area contributed by atoms with Crippen molar-refractivity contribution in [2.45, 2.75) is 25.7 Å². The van der Waals surface area contributed by atoms with Gasteiger partial charge in [-0.05, 0) is 31.0 Å². The smallest absolute Gasteiger partial charge is 0.307 e. The van der Waals surface area contributed by atoms with Gasteiger partial charge in [-0.2, -0.15) is 0 Å². The van der Waals surface area contributed by atoms with Crippen molar-refractivity contribution in [2.75, 3.05) is 31.6 Å². The highest BCUT2D eigenvalue weighted by Gasteiger charge is 2.35. The Labute approximate surface area is 162 Å². The molecule has 2 fully saturated rings. The van der Waals surface area contributed by atoms with E-state index in [2.05, 4.69) is 5.32 Å². The van der Waals surface area contributed by atoms with Crippen LogP contribution in [0.2, 0.25) is 5.02 Å². The number of ether oxygens (including phenoxy) is 1. The first kappa shape index (κ1) is 19.6. The fourth-order valence-corrected chi connectivity index (χ4v) is 3.94. The van der Waals surface area contributed by atoms with Crippen molar-refractivity contribution in [3.05, 3.63) is 28.8 Å². The third-order valence-corrected chi connectivity index (χ3v) is 5.50. The van der Waals surface area contributed by atoms with Crippen molar-refractivity contribution in [3.63, 3.8) is 0 Å². The second-order valence-corrected chi connectivity index (χ2v) is 7.33. The maximum atomic E-state index is 12.6. The molecule has 0 spiro atoms. The number of carbonyl (C=O) groups is 3. The Balaban J connectivity index is 1.69. The average molecular weight is 395 g/mol. The Morgan fingerprint density at radius 3 is 2.41 bits per heavy atom. The Bertz CT molecular complexity index is 733. The third kappa shape index (κ3) is 4.59. The molecule has 27 heavy (non-hydrogen) atoms. The van der Waals surface area contributed by atoms with Crippen LogP contribution in [0.1, 0.15) is 36.0 Å². The highest BCUT2D eigenvalue weighted by atomic mass is 35.5. The predicted molar refractivity (Wildman–Crippen MR) is 99.9 cm³/mol. The molecule has 1 heterocycles. The molecule has 0 radical (unpaired) electrons. The molecule has 1 saturated heterocycles. The molecule has 0 aromatic heterocycles. The number of anilines is 1. The largest absolute Gasteiger partial charge is 0.481 e. The second kappa shape index (κ2) is 8.71. The summed E-state index contributed by atoms with van der Waals surface area (Å²) in [5.41, 5.74) is 0.830. The van der Waals surface area contributed by atoms with Crippen LogP contribution >= 0.6 is 11.6 Å². The van der Waals surface area contributed by atoms with Crippen LogP contribution in [0.25, 0.3) is 0 Å². The summed E-state index contributed by atoms with van der Waals surface area (Å²) in [7, 11) is 0. The second-order valence-electron chi connectivity index (χ2n) is 6.92. The Kier molecular flexibility index (Phi) is 6.34. The summed E-state index contributed by atoms with van der Waals surface area (Å²) in [5.74, 6) is -2.62. The van der Waals surface area contributed by atoms with E-state index >= 15 is 0 Å². The number of rotatable bonds is 4. The highest BCUT2D eigenvalue weighted by molar-refractivity contribution is 6.34. The lowest BCUT2D eigenvalue weighted by atomic mass is 9.78. The standard InChI is InChI=1S/C19H23ClN2O5/c20-16-11-12(5-6-15(16)18(24)22-7-9-27-10-8-22)21-17(23)13-3-1-2-4-14(13)19(25)26/h5-6,11,13-14H,1-4,7-10H2,(H,21,23)(H,25,26)/t13-,14+/m1/s1. The molecule has 2 N–H and O–H groups in total. The molecule has 146 valence electrons. The molecule has 1 aromatic carbocycles. The summed E-state index contributed by atoms with van der Waals surface area (Å²) in [6.07, 6.45) is 2.74. The minimum absolute atomic E-state index is 0.167. The molecular weight excluding hydrogens is 372 g/mol. The minimum atomic E-state index is -0.931. The molecule has 2 amide bonds. The summed E-state index contributed by atoms with van der Waals surface area (Å²) in [6.45, 7) is 2.05. The zero-order valence-electron chi connectivity index (χ0n) is 14.9. The van der Waals surface area contributed by atoms with Gasteiger partial charge in [0.25, 0.3) is 5.91 Å². The van der Waals surface area contributed by atoms with Gasteiger partial charge in [0.15, 0.2) is 0 Å². The lowest BCUT2D eigenvalue weighted by Crippen LogP contribution is -2.40. The number of carboxylic acid groups (broad SMARTS) is 1. The van der Waals surface area contributed by atoms with Crippen molar-refractivity contribution in [3.8, 4) is 0 Å². The lowest BCUT2D eigenvalue weighted by Gasteiger charge is -2.28. The SMILES string of the molecule is O=C(O)[C@H]1CCCC[C@H]1C(=O)Nc1ccc(C(=O)N2CCOCC2)c(Cl)c1. The number of hydrogen-bond donors (Lipinski definition) is 2. The number of carboxylic acids is 1. The van der Waals surface area contributed by atoms with Gasteiger partial charge in [0.05, 0.1) is 35.6 Å². The number of carbonyl (C=O) groups excluding carboxylic acids is 2. The minimum Gasteiger partial charge on any atom is -0.481 e. The van der Waals surface area contributed by atoms with Crippen LogP contribution in [-0.4, -0.2) is 54.1 Å². The molecular formula is C19H23ClN2O5. The monoisotopic (exact) mass is 394 g/mol. The molecule has 0 bridgehead atoms. The quantitative estimate of drug-likeness (QED) is 0.818. The van der Waals surface area contributed by atoms with Gasteiger partial charge < -0.3 is 20.1 Å². The Hall–Kier alpha value is -2.12. The van der Waals surface area contributed by atoms with Crippen LogP contribution in [0.15, 0.2) is 18.2 Å². The summed E-state index contributed by atoms with van der Waals surface area (Å²) >= 11 is 6.27. The number of hydrogen-bond acceptors (Lipinski definition) is 4. The molecule has 3 rings (SSSR count). The zero-order valence-corrected chi connectivity index (χ0v) is 15.7. The first-order valence-corrected chi connectivity index (χ1v) is 9.55. The molecule has 0 unspecified atom stereocenters. The number of aliphatic carboxylic acids is 1. The number of benzene rings is 1. The molecule has 2 aliphatic rings. The van der Waals surface area contributed by atoms with Crippen molar-refractivity contribution in [1.82, 2.24) is 4.90 Å². The summed E-state index contributed by atoms with van der Waals surface area (Å²) in [6, 6.07) is 4.74. The van der Waals surface area contributed by atoms with Gasteiger partial charge in [0.2, 0.25) is 5.91 Å². The van der Waals surface area contributed by atoms with E-state index in [4.69, 9.17) is 16.3 Å². The first-order chi connectivity index (χ1) is 13.0. The molecule has 1 saturated carbocycles. The number of morpholine rings is 1. The third-order valence-electron chi connectivity index (χ3n) is 5.19. The van der Waals surface area contributed by atoms with Gasteiger partial charge >= 0.3 is 5.97 Å². The van der Waals surface area contributed by atoms with Gasteiger partial charge in [-0.1, -0.05) is 24.4 Å². The van der Waals surface area contributed by atoms with Crippen LogP contribution in [0.5, 0.6) is 0 Å². The van der Waals surface area contributed by atoms with E-state index < -0.39 is 17.8 Å². The van der Waals surface area contributed by atoms with Gasteiger partial charge in [-0.3, -0.25) is 14.4 Å². The van der Waals surface area contributed by atoms with E-state index in [1.54, 1.807) is 17.0 Å². The maximum Gasteiger partial charge on any atom is 0.307 e. The first-order valence-electron chi connectivity index (χ1n) is 9.17. The molecule has 1 aliphatic heterocycles. The zero-order chi connectivity index (χ0) is 19.4. The van der Waals surface area contributed by atoms with Crippen molar-refractivity contribution >= 4 is 35.1 Å². The molecule has 7 nitrogen and oxygen atoms in total. The van der Waals surface area contributed by atoms with Crippen LogP contribution in [0.3, 0.4) is 0 Å². The van der Waals surface area contributed by atoms with Crippen LogP contribution < -0.4 is 5.32 Å². The summed E-state index contributed by atoms with van der Waals surface area (Å²) in [4.78, 5) is 38.2. The predicted octanol–water partition coefficient (Wildman–Crippen LogP) is 2.64.